The van der Waals surface area contributed by atoms with Crippen LogP contribution in [0.3, 0.4) is 0 Å². The van der Waals surface area contributed by atoms with Gasteiger partial charge in [-0.1, -0.05) is 6.92 Å². The number of furan rings is 1. The zero-order valence-corrected chi connectivity index (χ0v) is 11.5. The first-order valence-electron chi connectivity index (χ1n) is 5.84. The third kappa shape index (κ3) is 2.83. The van der Waals surface area contributed by atoms with Gasteiger partial charge in [0.1, 0.15) is 5.75 Å². The van der Waals surface area contributed by atoms with Gasteiger partial charge in [-0.2, -0.15) is 0 Å². The molecule has 1 aromatic heterocycles. The Hall–Kier alpha value is -2.28. The number of nitrogens with one attached hydrogen (secondary N) is 1. The van der Waals surface area contributed by atoms with Gasteiger partial charge in [-0.05, 0) is 30.3 Å². The van der Waals surface area contributed by atoms with Crippen molar-refractivity contribution in [3.63, 3.8) is 0 Å². The number of phenols is 1. The molecular formula is C13H13NO5S. The van der Waals surface area contributed by atoms with E-state index < -0.39 is 15.7 Å². The maximum Gasteiger partial charge on any atom is 0.291 e. The van der Waals surface area contributed by atoms with Crippen molar-refractivity contribution in [2.75, 3.05) is 11.1 Å². The third-order valence-electron chi connectivity index (χ3n) is 2.70. The normalized spacial score (nSPS) is 11.2. The van der Waals surface area contributed by atoms with Crippen LogP contribution >= 0.6 is 0 Å². The Morgan fingerprint density at radius 3 is 2.70 bits per heavy atom. The van der Waals surface area contributed by atoms with Gasteiger partial charge in [0.15, 0.2) is 15.6 Å². The van der Waals surface area contributed by atoms with Crippen LogP contribution in [0.5, 0.6) is 5.75 Å². The molecule has 2 N–H and O–H groups in total. The summed E-state index contributed by atoms with van der Waals surface area (Å²) in [6, 6.07) is 6.73. The number of sulfone groups is 1. The van der Waals surface area contributed by atoms with E-state index in [2.05, 4.69) is 5.32 Å². The van der Waals surface area contributed by atoms with Crippen molar-refractivity contribution >= 4 is 21.4 Å². The van der Waals surface area contributed by atoms with E-state index in [4.69, 9.17) is 4.42 Å². The Morgan fingerprint density at radius 2 is 2.10 bits per heavy atom. The number of benzene rings is 1. The molecule has 1 aromatic carbocycles. The molecule has 2 aromatic rings. The number of rotatable bonds is 4. The summed E-state index contributed by atoms with van der Waals surface area (Å²) in [4.78, 5) is 11.8. The molecule has 0 atom stereocenters. The van der Waals surface area contributed by atoms with Gasteiger partial charge in [-0.3, -0.25) is 4.79 Å². The maximum atomic E-state index is 11.8. The SMILES string of the molecule is CCS(=O)(=O)c1ccc(O)c(NC(=O)c2ccco2)c1. The number of hydrogen-bond donors (Lipinski definition) is 2. The van der Waals surface area contributed by atoms with Crippen molar-refractivity contribution in [2.45, 2.75) is 11.8 Å². The lowest BCUT2D eigenvalue weighted by Crippen LogP contribution is -2.12. The van der Waals surface area contributed by atoms with Gasteiger partial charge in [0.25, 0.3) is 5.91 Å². The van der Waals surface area contributed by atoms with Crippen LogP contribution in [0.15, 0.2) is 45.9 Å². The summed E-state index contributed by atoms with van der Waals surface area (Å²) in [6.07, 6.45) is 1.34. The van der Waals surface area contributed by atoms with Crippen molar-refractivity contribution < 1.29 is 22.7 Å². The fourth-order valence-electron chi connectivity index (χ4n) is 1.57. The molecule has 7 heteroatoms. The second kappa shape index (κ2) is 5.38. The minimum Gasteiger partial charge on any atom is -0.506 e. The first-order chi connectivity index (χ1) is 9.44. The molecule has 6 nitrogen and oxygen atoms in total. The summed E-state index contributed by atoms with van der Waals surface area (Å²) < 4.78 is 28.4. The molecule has 20 heavy (non-hydrogen) atoms. The maximum absolute atomic E-state index is 11.8. The van der Waals surface area contributed by atoms with Crippen LogP contribution in [0.4, 0.5) is 5.69 Å². The molecule has 0 fully saturated rings. The molecule has 0 bridgehead atoms. The molecule has 1 heterocycles. The van der Waals surface area contributed by atoms with Gasteiger partial charge in [-0.15, -0.1) is 0 Å². The molecule has 2 rings (SSSR count). The monoisotopic (exact) mass is 295 g/mol. The van der Waals surface area contributed by atoms with Crippen LogP contribution in [0.1, 0.15) is 17.5 Å². The van der Waals surface area contributed by atoms with Crippen molar-refractivity contribution in [1.82, 2.24) is 0 Å². The lowest BCUT2D eigenvalue weighted by molar-refractivity contribution is 0.0996. The molecule has 0 saturated heterocycles. The van der Waals surface area contributed by atoms with Crippen LogP contribution in [0.2, 0.25) is 0 Å². The third-order valence-corrected chi connectivity index (χ3v) is 4.43. The van der Waals surface area contributed by atoms with Crippen molar-refractivity contribution in [3.8, 4) is 5.75 Å². The van der Waals surface area contributed by atoms with E-state index in [1.807, 2.05) is 0 Å². The van der Waals surface area contributed by atoms with Crippen molar-refractivity contribution in [3.05, 3.63) is 42.4 Å². The fourth-order valence-corrected chi connectivity index (χ4v) is 2.47. The van der Waals surface area contributed by atoms with E-state index >= 15 is 0 Å². The van der Waals surface area contributed by atoms with E-state index in [9.17, 15) is 18.3 Å². The Morgan fingerprint density at radius 1 is 1.35 bits per heavy atom. The first-order valence-corrected chi connectivity index (χ1v) is 7.50. The van der Waals surface area contributed by atoms with E-state index in [1.165, 1.54) is 37.5 Å². The van der Waals surface area contributed by atoms with Crippen molar-refractivity contribution in [2.24, 2.45) is 0 Å². The molecule has 0 spiro atoms. The average Bonchev–Trinajstić information content (AvgIpc) is 2.95. The second-order valence-electron chi connectivity index (χ2n) is 4.01. The van der Waals surface area contributed by atoms with Crippen LogP contribution in [-0.2, 0) is 9.84 Å². The topological polar surface area (TPSA) is 96.6 Å². The van der Waals surface area contributed by atoms with Crippen LogP contribution in [0.25, 0.3) is 0 Å². The molecule has 0 saturated carbocycles. The number of anilines is 1. The highest BCUT2D eigenvalue weighted by molar-refractivity contribution is 7.91. The van der Waals surface area contributed by atoms with Gasteiger partial charge in [0.05, 0.1) is 22.6 Å². The standard InChI is InChI=1S/C13H13NO5S/c1-2-20(17,18)9-5-6-11(15)10(8-9)14-13(16)12-4-3-7-19-12/h3-8,15H,2H2,1H3,(H,14,16). The summed E-state index contributed by atoms with van der Waals surface area (Å²) in [5, 5.41) is 12.1. The zero-order valence-electron chi connectivity index (χ0n) is 10.7. The number of carbonyl (C=O) groups excluding carboxylic acids is 1. The van der Waals surface area contributed by atoms with Gasteiger partial charge in [0.2, 0.25) is 0 Å². The summed E-state index contributed by atoms with van der Waals surface area (Å²) in [6.45, 7) is 1.52. The van der Waals surface area contributed by atoms with E-state index in [0.717, 1.165) is 0 Å². The van der Waals surface area contributed by atoms with Gasteiger partial charge in [-0.25, -0.2) is 8.42 Å². The van der Waals surface area contributed by atoms with Crippen LogP contribution < -0.4 is 5.32 Å². The van der Waals surface area contributed by atoms with Gasteiger partial charge < -0.3 is 14.8 Å². The summed E-state index contributed by atoms with van der Waals surface area (Å²) in [5.74, 6) is -0.798. The summed E-state index contributed by atoms with van der Waals surface area (Å²) >= 11 is 0. The second-order valence-corrected chi connectivity index (χ2v) is 6.29. The van der Waals surface area contributed by atoms with E-state index in [-0.39, 0.29) is 27.8 Å². The fraction of sp³-hybridized carbons (Fsp3) is 0.154. The van der Waals surface area contributed by atoms with Gasteiger partial charge >= 0.3 is 0 Å². The Labute approximate surface area is 116 Å². The Balaban J connectivity index is 2.33. The quantitative estimate of drug-likeness (QED) is 0.841. The number of aromatic hydroxyl groups is 1. The Kier molecular flexibility index (Phi) is 3.80. The molecule has 0 radical (unpaired) electrons. The molecule has 0 unspecified atom stereocenters. The average molecular weight is 295 g/mol. The van der Waals surface area contributed by atoms with E-state index in [0.29, 0.717) is 0 Å². The minimum absolute atomic E-state index is 0.0147. The minimum atomic E-state index is -3.41. The van der Waals surface area contributed by atoms with Crippen LogP contribution in [-0.4, -0.2) is 25.2 Å². The lowest BCUT2D eigenvalue weighted by Gasteiger charge is -2.08. The number of amides is 1. The number of phenolic OH excluding ortho intramolecular Hbond substituents is 1. The van der Waals surface area contributed by atoms with Crippen molar-refractivity contribution in [1.29, 1.82) is 0 Å². The smallest absolute Gasteiger partial charge is 0.291 e. The molecule has 0 aliphatic carbocycles. The molecule has 1 amide bonds. The summed E-state index contributed by atoms with van der Waals surface area (Å²) in [7, 11) is -3.41. The molecule has 106 valence electrons. The highest BCUT2D eigenvalue weighted by atomic mass is 32.2. The molecule has 0 aliphatic heterocycles. The number of hydrogen-bond acceptors (Lipinski definition) is 5. The van der Waals surface area contributed by atoms with E-state index in [1.54, 1.807) is 6.07 Å². The molecule has 0 aliphatic rings. The number of carbonyl (C=O) groups is 1. The largest absolute Gasteiger partial charge is 0.506 e. The zero-order chi connectivity index (χ0) is 14.8. The lowest BCUT2D eigenvalue weighted by atomic mass is 10.3. The Bertz CT molecular complexity index is 719. The van der Waals surface area contributed by atoms with Gasteiger partial charge in [0, 0.05) is 0 Å². The summed E-state index contributed by atoms with van der Waals surface area (Å²) in [5.41, 5.74) is 0.0147. The predicted octanol–water partition coefficient (Wildman–Crippen LogP) is 2.03. The molecular weight excluding hydrogens is 282 g/mol. The highest BCUT2D eigenvalue weighted by Crippen LogP contribution is 2.27. The highest BCUT2D eigenvalue weighted by Gasteiger charge is 2.16. The predicted molar refractivity (Wildman–Crippen MR) is 72.5 cm³/mol. The van der Waals surface area contributed by atoms with Crippen LogP contribution in [0, 0.1) is 0 Å². The first kappa shape index (κ1) is 14.1.